The predicted molar refractivity (Wildman–Crippen MR) is 92.9 cm³/mol. The zero-order valence-electron chi connectivity index (χ0n) is 14.8. The van der Waals surface area contributed by atoms with Crippen LogP contribution in [0.25, 0.3) is 0 Å². The SMILES string of the molecule is CC(C)CCCCCCCCCCCCCCC(=O)O.[K]. The summed E-state index contributed by atoms with van der Waals surface area (Å²) >= 11 is 0. The van der Waals surface area contributed by atoms with Gasteiger partial charge in [0.1, 0.15) is 0 Å². The Labute approximate surface area is 175 Å². The molecule has 0 unspecified atom stereocenters. The third-order valence-electron chi connectivity index (χ3n) is 3.92. The monoisotopic (exact) mass is 323 g/mol. The molecule has 1 N–H and O–H groups in total. The molecule has 0 atom stereocenters. The largest absolute Gasteiger partial charge is 0.481 e. The fourth-order valence-electron chi connectivity index (χ4n) is 2.60. The molecule has 0 spiro atoms. The van der Waals surface area contributed by atoms with Crippen molar-refractivity contribution in [3.8, 4) is 0 Å². The van der Waals surface area contributed by atoms with Crippen LogP contribution < -0.4 is 0 Å². The van der Waals surface area contributed by atoms with Crippen LogP contribution >= 0.6 is 0 Å². The van der Waals surface area contributed by atoms with E-state index in [9.17, 15) is 4.79 Å². The second-order valence-electron chi connectivity index (χ2n) is 6.57. The standard InChI is InChI=1S/C18H36O2.K/c1-17(2)15-13-11-9-7-5-3-4-6-8-10-12-14-16-18(19)20;/h17H,3-16H2,1-2H3,(H,19,20);. The summed E-state index contributed by atoms with van der Waals surface area (Å²) in [5.74, 6) is 0.212. The molecule has 0 rings (SSSR count). The molecule has 121 valence electrons. The molecule has 0 aliphatic heterocycles. The molecule has 1 radical (unpaired) electrons. The number of carboxylic acids is 1. The maximum absolute atomic E-state index is 10.3. The van der Waals surface area contributed by atoms with Gasteiger partial charge in [-0.15, -0.1) is 0 Å². The van der Waals surface area contributed by atoms with Gasteiger partial charge in [-0.3, -0.25) is 4.79 Å². The number of hydrogen-bond donors (Lipinski definition) is 1. The Morgan fingerprint density at radius 3 is 1.38 bits per heavy atom. The van der Waals surface area contributed by atoms with Gasteiger partial charge in [-0.1, -0.05) is 90.9 Å². The van der Waals surface area contributed by atoms with Gasteiger partial charge in [-0.2, -0.15) is 0 Å². The summed E-state index contributed by atoms with van der Waals surface area (Å²) in [5, 5.41) is 8.52. The molecule has 3 heteroatoms. The second kappa shape index (κ2) is 19.2. The van der Waals surface area contributed by atoms with E-state index in [1.165, 1.54) is 70.6 Å². The van der Waals surface area contributed by atoms with Crippen molar-refractivity contribution < 1.29 is 9.90 Å². The average Bonchev–Trinajstić information content (AvgIpc) is 2.38. The van der Waals surface area contributed by atoms with E-state index in [-0.39, 0.29) is 51.4 Å². The first-order valence-corrected chi connectivity index (χ1v) is 8.84. The number of aliphatic carboxylic acids is 1. The maximum atomic E-state index is 10.3. The van der Waals surface area contributed by atoms with Gasteiger partial charge in [0.05, 0.1) is 0 Å². The quantitative estimate of drug-likeness (QED) is 0.305. The molecule has 0 aromatic heterocycles. The summed E-state index contributed by atoms with van der Waals surface area (Å²) < 4.78 is 0. The van der Waals surface area contributed by atoms with Gasteiger partial charge >= 0.3 is 5.97 Å². The van der Waals surface area contributed by atoms with Crippen LogP contribution in [-0.2, 0) is 4.79 Å². The summed E-state index contributed by atoms with van der Waals surface area (Å²) in [5.41, 5.74) is 0. The molecular formula is C18H36KO2. The van der Waals surface area contributed by atoms with Crippen molar-refractivity contribution in [2.24, 2.45) is 5.92 Å². The molecule has 0 fully saturated rings. The van der Waals surface area contributed by atoms with E-state index >= 15 is 0 Å². The van der Waals surface area contributed by atoms with E-state index in [4.69, 9.17) is 5.11 Å². The number of hydrogen-bond acceptors (Lipinski definition) is 1. The minimum Gasteiger partial charge on any atom is -0.481 e. The first-order chi connectivity index (χ1) is 9.63. The summed E-state index contributed by atoms with van der Waals surface area (Å²) in [6.07, 6.45) is 17.3. The Balaban J connectivity index is 0. The van der Waals surface area contributed by atoms with Gasteiger partial charge in [0, 0.05) is 57.8 Å². The van der Waals surface area contributed by atoms with Crippen molar-refractivity contribution in [1.82, 2.24) is 0 Å². The smallest absolute Gasteiger partial charge is 0.303 e. The molecule has 0 aliphatic rings. The van der Waals surface area contributed by atoms with Gasteiger partial charge in [0.15, 0.2) is 0 Å². The fourth-order valence-corrected chi connectivity index (χ4v) is 2.60. The maximum Gasteiger partial charge on any atom is 0.303 e. The van der Waals surface area contributed by atoms with Gasteiger partial charge in [-0.25, -0.2) is 0 Å². The minimum atomic E-state index is -0.654. The molecule has 0 aliphatic carbocycles. The Kier molecular flexibility index (Phi) is 22.2. The van der Waals surface area contributed by atoms with Crippen molar-refractivity contribution >= 4 is 57.4 Å². The summed E-state index contributed by atoms with van der Waals surface area (Å²) in [4.78, 5) is 10.3. The normalized spacial score (nSPS) is 10.6. The molecule has 0 amide bonds. The number of unbranched alkanes of at least 4 members (excludes halogenated alkanes) is 11. The summed E-state index contributed by atoms with van der Waals surface area (Å²) in [7, 11) is 0. The Morgan fingerprint density at radius 1 is 0.714 bits per heavy atom. The van der Waals surface area contributed by atoms with E-state index in [0.29, 0.717) is 6.42 Å². The van der Waals surface area contributed by atoms with Crippen molar-refractivity contribution in [2.45, 2.75) is 104 Å². The third-order valence-corrected chi connectivity index (χ3v) is 3.92. The molecule has 2 nitrogen and oxygen atoms in total. The Morgan fingerprint density at radius 2 is 1.05 bits per heavy atom. The van der Waals surface area contributed by atoms with Crippen LogP contribution in [0.15, 0.2) is 0 Å². The van der Waals surface area contributed by atoms with Crippen LogP contribution in [0.2, 0.25) is 0 Å². The first-order valence-electron chi connectivity index (χ1n) is 8.84. The van der Waals surface area contributed by atoms with Gasteiger partial charge in [0.25, 0.3) is 0 Å². The van der Waals surface area contributed by atoms with E-state index in [2.05, 4.69) is 13.8 Å². The van der Waals surface area contributed by atoms with E-state index in [0.717, 1.165) is 18.8 Å². The summed E-state index contributed by atoms with van der Waals surface area (Å²) in [6.45, 7) is 4.61. The number of carboxylic acid groups (broad SMARTS) is 1. The second-order valence-corrected chi connectivity index (χ2v) is 6.57. The van der Waals surface area contributed by atoms with Crippen molar-refractivity contribution in [3.63, 3.8) is 0 Å². The average molecular weight is 324 g/mol. The first kappa shape index (κ1) is 24.4. The molecule has 0 heterocycles. The topological polar surface area (TPSA) is 37.3 Å². The zero-order valence-corrected chi connectivity index (χ0v) is 18.0. The van der Waals surface area contributed by atoms with Crippen LogP contribution in [0.4, 0.5) is 0 Å². The predicted octanol–water partition coefficient (Wildman–Crippen LogP) is 5.81. The number of rotatable bonds is 15. The van der Waals surface area contributed by atoms with Crippen LogP contribution in [0.5, 0.6) is 0 Å². The van der Waals surface area contributed by atoms with Crippen molar-refractivity contribution in [3.05, 3.63) is 0 Å². The van der Waals surface area contributed by atoms with E-state index in [1.807, 2.05) is 0 Å². The van der Waals surface area contributed by atoms with E-state index in [1.54, 1.807) is 0 Å². The van der Waals surface area contributed by atoms with Gasteiger partial charge in [0.2, 0.25) is 0 Å². The van der Waals surface area contributed by atoms with Crippen molar-refractivity contribution in [2.75, 3.05) is 0 Å². The Bertz CT molecular complexity index is 217. The van der Waals surface area contributed by atoms with E-state index < -0.39 is 5.97 Å². The van der Waals surface area contributed by atoms with Crippen LogP contribution in [0, 0.1) is 5.92 Å². The summed E-state index contributed by atoms with van der Waals surface area (Å²) in [6, 6.07) is 0. The number of carbonyl (C=O) groups is 1. The van der Waals surface area contributed by atoms with Crippen LogP contribution in [0.3, 0.4) is 0 Å². The van der Waals surface area contributed by atoms with Crippen molar-refractivity contribution in [1.29, 1.82) is 0 Å². The molecule has 0 saturated carbocycles. The molecule has 0 bridgehead atoms. The Hall–Kier alpha value is 1.11. The van der Waals surface area contributed by atoms with Gasteiger partial charge < -0.3 is 5.11 Å². The fraction of sp³-hybridized carbons (Fsp3) is 0.944. The molecule has 21 heavy (non-hydrogen) atoms. The minimum absolute atomic E-state index is 0. The molecule has 0 aromatic carbocycles. The molecule has 0 aromatic rings. The molecule has 0 saturated heterocycles. The van der Waals surface area contributed by atoms with Crippen LogP contribution in [-0.4, -0.2) is 62.5 Å². The zero-order chi connectivity index (χ0) is 15.1. The van der Waals surface area contributed by atoms with Crippen LogP contribution in [0.1, 0.15) is 104 Å². The third kappa shape index (κ3) is 23.5. The molecular weight excluding hydrogens is 287 g/mol. The van der Waals surface area contributed by atoms with Gasteiger partial charge in [-0.05, 0) is 12.3 Å².